The molecule has 178 valence electrons. The van der Waals surface area contributed by atoms with Crippen LogP contribution in [0.15, 0.2) is 46.6 Å². The van der Waals surface area contributed by atoms with Gasteiger partial charge >= 0.3 is 0 Å². The van der Waals surface area contributed by atoms with Gasteiger partial charge in [0.15, 0.2) is 0 Å². The summed E-state index contributed by atoms with van der Waals surface area (Å²) in [5.74, 6) is -0.188. The van der Waals surface area contributed by atoms with Crippen LogP contribution < -0.4 is 4.74 Å². The van der Waals surface area contributed by atoms with Gasteiger partial charge in [-0.3, -0.25) is 9.59 Å². The van der Waals surface area contributed by atoms with Crippen molar-refractivity contribution in [3.05, 3.63) is 59.1 Å². The molecule has 1 aliphatic rings. The normalized spacial score (nSPS) is 18.0. The topological polar surface area (TPSA) is 83.2 Å². The molecule has 1 amide bonds. The van der Waals surface area contributed by atoms with E-state index in [-0.39, 0.29) is 17.3 Å². The fourth-order valence-corrected chi connectivity index (χ4v) is 4.23. The van der Waals surface area contributed by atoms with Crippen molar-refractivity contribution in [1.29, 1.82) is 0 Å². The number of benzene rings is 1. The van der Waals surface area contributed by atoms with E-state index < -0.39 is 17.7 Å². The van der Waals surface area contributed by atoms with Crippen molar-refractivity contribution >= 4 is 17.4 Å². The van der Waals surface area contributed by atoms with E-state index in [4.69, 9.17) is 9.15 Å². The zero-order valence-electron chi connectivity index (χ0n) is 20.1. The smallest absolute Gasteiger partial charge is 0.295 e. The second-order valence-electron chi connectivity index (χ2n) is 8.38. The number of carbonyl (C=O) groups excluding carboxylic acids is 2. The molecular weight excluding hydrogens is 420 g/mol. The summed E-state index contributed by atoms with van der Waals surface area (Å²) >= 11 is 0. The number of carbonyl (C=O) groups is 2. The van der Waals surface area contributed by atoms with Gasteiger partial charge in [-0.1, -0.05) is 27.7 Å². The van der Waals surface area contributed by atoms with E-state index in [1.807, 2.05) is 26.8 Å². The predicted molar refractivity (Wildman–Crippen MR) is 127 cm³/mol. The van der Waals surface area contributed by atoms with Gasteiger partial charge in [0.1, 0.15) is 23.3 Å². The Bertz CT molecular complexity index is 1010. The summed E-state index contributed by atoms with van der Waals surface area (Å²) in [6.07, 6.45) is 1.51. The number of ketones is 1. The maximum Gasteiger partial charge on any atom is 0.295 e. The number of rotatable bonds is 10. The van der Waals surface area contributed by atoms with Crippen LogP contribution >= 0.6 is 0 Å². The molecule has 33 heavy (non-hydrogen) atoms. The lowest BCUT2D eigenvalue weighted by Crippen LogP contribution is -2.37. The van der Waals surface area contributed by atoms with Crippen LogP contribution in [-0.4, -0.2) is 59.4 Å². The first kappa shape index (κ1) is 24.6. The molecule has 1 fully saturated rings. The summed E-state index contributed by atoms with van der Waals surface area (Å²) in [7, 11) is 0. The van der Waals surface area contributed by atoms with Crippen LogP contribution in [0.25, 0.3) is 5.76 Å². The minimum Gasteiger partial charge on any atom is -0.507 e. The molecule has 0 radical (unpaired) electrons. The van der Waals surface area contributed by atoms with Gasteiger partial charge in [-0.15, -0.1) is 0 Å². The van der Waals surface area contributed by atoms with Crippen molar-refractivity contribution < 1.29 is 23.8 Å². The standard InChI is InChI=1S/C26H34N2O5/c1-6-27(7-2)13-14-28-23(21-10-9-15-33-21)22(25(30)26(28)31)24(29)18-11-12-20(32-8-3)19(16-18)17(4)5/h9-12,15-17,23,29H,6-8,13-14H2,1-5H3/b24-22-. The average Bonchev–Trinajstić information content (AvgIpc) is 3.42. The third-order valence-corrected chi connectivity index (χ3v) is 6.11. The van der Waals surface area contributed by atoms with Crippen LogP contribution in [0.2, 0.25) is 0 Å². The highest BCUT2D eigenvalue weighted by Gasteiger charge is 2.47. The first-order valence-electron chi connectivity index (χ1n) is 11.6. The molecule has 0 bridgehead atoms. The van der Waals surface area contributed by atoms with Gasteiger partial charge in [0.25, 0.3) is 11.7 Å². The molecule has 0 aliphatic carbocycles. The van der Waals surface area contributed by atoms with Gasteiger partial charge in [-0.05, 0) is 61.8 Å². The summed E-state index contributed by atoms with van der Waals surface area (Å²) in [6.45, 7) is 13.3. The van der Waals surface area contributed by atoms with Crippen molar-refractivity contribution in [1.82, 2.24) is 9.80 Å². The minimum absolute atomic E-state index is 0.0494. The first-order valence-corrected chi connectivity index (χ1v) is 11.6. The minimum atomic E-state index is -0.773. The maximum atomic E-state index is 13.1. The summed E-state index contributed by atoms with van der Waals surface area (Å²) in [6, 6.07) is 8.01. The van der Waals surface area contributed by atoms with Gasteiger partial charge in [-0.2, -0.15) is 0 Å². The SMILES string of the molecule is CCOc1ccc(/C(O)=C2/C(=O)C(=O)N(CCN(CC)CC)C2c2ccco2)cc1C(C)C. The Morgan fingerprint density at radius 1 is 1.18 bits per heavy atom. The lowest BCUT2D eigenvalue weighted by atomic mass is 9.95. The van der Waals surface area contributed by atoms with Crippen LogP contribution in [-0.2, 0) is 9.59 Å². The number of hydrogen-bond donors (Lipinski definition) is 1. The highest BCUT2D eigenvalue weighted by Crippen LogP contribution is 2.40. The number of furan rings is 1. The van der Waals surface area contributed by atoms with Crippen LogP contribution in [0.3, 0.4) is 0 Å². The van der Waals surface area contributed by atoms with Crippen LogP contribution in [0.5, 0.6) is 5.75 Å². The highest BCUT2D eigenvalue weighted by molar-refractivity contribution is 6.46. The van der Waals surface area contributed by atoms with Crippen molar-refractivity contribution in [3.63, 3.8) is 0 Å². The molecule has 1 N–H and O–H groups in total. The molecule has 0 saturated carbocycles. The van der Waals surface area contributed by atoms with Gasteiger partial charge in [0, 0.05) is 18.7 Å². The zero-order chi connectivity index (χ0) is 24.1. The second kappa shape index (κ2) is 10.7. The Balaban J connectivity index is 2.08. The first-order chi connectivity index (χ1) is 15.8. The third kappa shape index (κ3) is 4.98. The Morgan fingerprint density at radius 3 is 2.48 bits per heavy atom. The quantitative estimate of drug-likeness (QED) is 0.322. The molecule has 1 atom stereocenters. The van der Waals surface area contributed by atoms with E-state index in [9.17, 15) is 14.7 Å². The molecule has 7 heteroatoms. The van der Waals surface area contributed by atoms with E-state index in [2.05, 4.69) is 18.7 Å². The highest BCUT2D eigenvalue weighted by atomic mass is 16.5. The number of hydrogen-bond acceptors (Lipinski definition) is 6. The second-order valence-corrected chi connectivity index (χ2v) is 8.38. The van der Waals surface area contributed by atoms with Gasteiger partial charge in [-0.25, -0.2) is 0 Å². The Morgan fingerprint density at radius 2 is 1.91 bits per heavy atom. The number of aliphatic hydroxyl groups is 1. The zero-order valence-corrected chi connectivity index (χ0v) is 20.1. The summed E-state index contributed by atoms with van der Waals surface area (Å²) in [5.41, 5.74) is 1.44. The Kier molecular flexibility index (Phi) is 7.97. The number of ether oxygens (including phenoxy) is 1. The van der Waals surface area contributed by atoms with Gasteiger partial charge in [0.2, 0.25) is 0 Å². The summed E-state index contributed by atoms with van der Waals surface area (Å²) < 4.78 is 11.3. The molecule has 2 aromatic rings. The van der Waals surface area contributed by atoms with E-state index in [1.165, 1.54) is 11.2 Å². The summed E-state index contributed by atoms with van der Waals surface area (Å²) in [4.78, 5) is 29.8. The van der Waals surface area contributed by atoms with Crippen molar-refractivity contribution in [2.45, 2.75) is 46.6 Å². The largest absolute Gasteiger partial charge is 0.507 e. The number of amides is 1. The third-order valence-electron chi connectivity index (χ3n) is 6.11. The number of aliphatic hydroxyl groups excluding tert-OH is 1. The van der Waals surface area contributed by atoms with Crippen LogP contribution in [0.1, 0.15) is 63.5 Å². The predicted octanol–water partition coefficient (Wildman–Crippen LogP) is 4.57. The molecule has 1 aromatic heterocycles. The monoisotopic (exact) mass is 454 g/mol. The number of Topliss-reactive ketones (excluding diaryl/α,β-unsaturated/α-hetero) is 1. The Hall–Kier alpha value is -3.06. The lowest BCUT2D eigenvalue weighted by molar-refractivity contribution is -0.140. The molecular formula is C26H34N2O5. The fourth-order valence-electron chi connectivity index (χ4n) is 4.23. The van der Waals surface area contributed by atoms with Gasteiger partial charge in [0.05, 0.1) is 18.4 Å². The van der Waals surface area contributed by atoms with Crippen molar-refractivity contribution in [2.24, 2.45) is 0 Å². The fraction of sp³-hybridized carbons (Fsp3) is 0.462. The molecule has 1 aliphatic heterocycles. The van der Waals surface area contributed by atoms with Gasteiger partial charge < -0.3 is 24.1 Å². The lowest BCUT2D eigenvalue weighted by Gasteiger charge is -2.26. The molecule has 3 rings (SSSR count). The molecule has 1 unspecified atom stereocenters. The molecule has 0 spiro atoms. The molecule has 1 saturated heterocycles. The molecule has 1 aromatic carbocycles. The number of nitrogens with zero attached hydrogens (tertiary/aromatic N) is 2. The molecule has 2 heterocycles. The molecule has 7 nitrogen and oxygen atoms in total. The van der Waals surface area contributed by atoms with Crippen molar-refractivity contribution in [2.75, 3.05) is 32.8 Å². The van der Waals surface area contributed by atoms with Crippen LogP contribution in [0.4, 0.5) is 0 Å². The van der Waals surface area contributed by atoms with E-state index >= 15 is 0 Å². The average molecular weight is 455 g/mol. The van der Waals surface area contributed by atoms with E-state index in [0.29, 0.717) is 31.0 Å². The number of likely N-dealkylation sites (N-methyl/N-ethyl adjacent to an activating group) is 1. The maximum absolute atomic E-state index is 13.1. The summed E-state index contributed by atoms with van der Waals surface area (Å²) in [5, 5.41) is 11.3. The van der Waals surface area contributed by atoms with E-state index in [1.54, 1.807) is 24.3 Å². The van der Waals surface area contributed by atoms with Crippen molar-refractivity contribution in [3.8, 4) is 5.75 Å². The Labute approximate surface area is 195 Å². The van der Waals surface area contributed by atoms with Crippen LogP contribution in [0, 0.1) is 0 Å². The number of likely N-dealkylation sites (tertiary alicyclic amines) is 1. The van der Waals surface area contributed by atoms with E-state index in [0.717, 1.165) is 24.4 Å².